The highest BCUT2D eigenvalue weighted by Crippen LogP contribution is 2.26. The SMILES string of the molecule is O=C(O)c1cnoc1-c1ccc2cc[nH]c2c1. The molecule has 2 aromatic heterocycles. The minimum atomic E-state index is -1.05. The normalized spacial score (nSPS) is 10.8. The lowest BCUT2D eigenvalue weighted by Gasteiger charge is -1.98. The fourth-order valence-electron chi connectivity index (χ4n) is 1.79. The number of fused-ring (bicyclic) bond motifs is 1. The molecule has 3 rings (SSSR count). The molecular weight excluding hydrogens is 220 g/mol. The number of aromatic nitrogens is 2. The summed E-state index contributed by atoms with van der Waals surface area (Å²) >= 11 is 0. The number of hydrogen-bond donors (Lipinski definition) is 2. The summed E-state index contributed by atoms with van der Waals surface area (Å²) in [4.78, 5) is 14.0. The molecule has 0 radical (unpaired) electrons. The van der Waals surface area contributed by atoms with Crippen LogP contribution in [-0.4, -0.2) is 21.2 Å². The third-order valence-corrected chi connectivity index (χ3v) is 2.62. The van der Waals surface area contributed by atoms with E-state index in [1.165, 1.54) is 6.20 Å². The quantitative estimate of drug-likeness (QED) is 0.706. The van der Waals surface area contributed by atoms with Gasteiger partial charge in [0.15, 0.2) is 5.76 Å². The molecule has 0 atom stereocenters. The van der Waals surface area contributed by atoms with Crippen LogP contribution in [0.4, 0.5) is 0 Å². The van der Waals surface area contributed by atoms with Gasteiger partial charge in [-0.1, -0.05) is 17.3 Å². The molecule has 3 aromatic rings. The molecule has 0 aliphatic rings. The number of carboxylic acid groups (broad SMARTS) is 1. The molecule has 84 valence electrons. The summed E-state index contributed by atoms with van der Waals surface area (Å²) in [7, 11) is 0. The predicted octanol–water partition coefficient (Wildman–Crippen LogP) is 2.52. The Morgan fingerprint density at radius 2 is 2.24 bits per heavy atom. The zero-order valence-corrected chi connectivity index (χ0v) is 8.68. The number of rotatable bonds is 2. The Kier molecular flexibility index (Phi) is 1.98. The third kappa shape index (κ3) is 1.48. The lowest BCUT2D eigenvalue weighted by atomic mass is 10.1. The van der Waals surface area contributed by atoms with Gasteiger partial charge in [-0.05, 0) is 17.5 Å². The first-order valence-electron chi connectivity index (χ1n) is 5.01. The second kappa shape index (κ2) is 3.48. The number of carbonyl (C=O) groups is 1. The van der Waals surface area contributed by atoms with Gasteiger partial charge in [0, 0.05) is 17.3 Å². The molecule has 1 aromatic carbocycles. The van der Waals surface area contributed by atoms with Crippen molar-refractivity contribution in [2.24, 2.45) is 0 Å². The first kappa shape index (κ1) is 9.65. The van der Waals surface area contributed by atoms with Crippen LogP contribution in [0.25, 0.3) is 22.2 Å². The monoisotopic (exact) mass is 228 g/mol. The van der Waals surface area contributed by atoms with E-state index in [9.17, 15) is 4.79 Å². The summed E-state index contributed by atoms with van der Waals surface area (Å²) < 4.78 is 4.99. The van der Waals surface area contributed by atoms with Crippen molar-refractivity contribution in [1.82, 2.24) is 10.1 Å². The number of nitrogens with one attached hydrogen (secondary N) is 1. The van der Waals surface area contributed by atoms with Gasteiger partial charge in [-0.25, -0.2) is 4.79 Å². The molecule has 2 heterocycles. The van der Waals surface area contributed by atoms with E-state index in [1.54, 1.807) is 0 Å². The number of aromatic carboxylic acids is 1. The summed E-state index contributed by atoms with van der Waals surface area (Å²) in [5.41, 5.74) is 1.68. The molecule has 0 amide bonds. The van der Waals surface area contributed by atoms with Crippen LogP contribution >= 0.6 is 0 Å². The van der Waals surface area contributed by atoms with E-state index in [1.807, 2.05) is 30.5 Å². The molecule has 5 nitrogen and oxygen atoms in total. The minimum Gasteiger partial charge on any atom is -0.477 e. The maximum atomic E-state index is 11.0. The number of carboxylic acids is 1. The first-order chi connectivity index (χ1) is 8.25. The topological polar surface area (TPSA) is 79.1 Å². The second-order valence-electron chi connectivity index (χ2n) is 3.65. The van der Waals surface area contributed by atoms with E-state index in [-0.39, 0.29) is 11.3 Å². The van der Waals surface area contributed by atoms with E-state index in [0.29, 0.717) is 5.56 Å². The van der Waals surface area contributed by atoms with Crippen LogP contribution < -0.4 is 0 Å². The second-order valence-corrected chi connectivity index (χ2v) is 3.65. The van der Waals surface area contributed by atoms with Crippen LogP contribution in [0.1, 0.15) is 10.4 Å². The molecule has 0 spiro atoms. The lowest BCUT2D eigenvalue weighted by molar-refractivity contribution is 0.0697. The van der Waals surface area contributed by atoms with Gasteiger partial charge < -0.3 is 14.6 Å². The highest BCUT2D eigenvalue weighted by atomic mass is 16.5. The average molecular weight is 228 g/mol. The van der Waals surface area contributed by atoms with Gasteiger partial charge in [-0.2, -0.15) is 0 Å². The van der Waals surface area contributed by atoms with Crippen molar-refractivity contribution in [1.29, 1.82) is 0 Å². The minimum absolute atomic E-state index is 0.0657. The highest BCUT2D eigenvalue weighted by Gasteiger charge is 2.16. The Bertz CT molecular complexity index is 696. The van der Waals surface area contributed by atoms with Crippen molar-refractivity contribution >= 4 is 16.9 Å². The van der Waals surface area contributed by atoms with Crippen LogP contribution in [0.5, 0.6) is 0 Å². The van der Waals surface area contributed by atoms with Crippen molar-refractivity contribution in [2.75, 3.05) is 0 Å². The van der Waals surface area contributed by atoms with Crippen LogP contribution in [0.15, 0.2) is 41.2 Å². The number of benzene rings is 1. The predicted molar refractivity (Wildman–Crippen MR) is 60.8 cm³/mol. The smallest absolute Gasteiger partial charge is 0.341 e. The molecule has 5 heteroatoms. The van der Waals surface area contributed by atoms with Gasteiger partial charge in [0.05, 0.1) is 6.20 Å². The van der Waals surface area contributed by atoms with E-state index >= 15 is 0 Å². The third-order valence-electron chi connectivity index (χ3n) is 2.62. The first-order valence-corrected chi connectivity index (χ1v) is 5.01. The molecule has 0 fully saturated rings. The summed E-state index contributed by atoms with van der Waals surface area (Å²) in [5.74, 6) is -0.776. The van der Waals surface area contributed by atoms with Crippen molar-refractivity contribution < 1.29 is 14.4 Å². The van der Waals surface area contributed by atoms with Crippen LogP contribution in [-0.2, 0) is 0 Å². The molecule has 0 bridgehead atoms. The maximum absolute atomic E-state index is 11.0. The zero-order valence-electron chi connectivity index (χ0n) is 8.68. The van der Waals surface area contributed by atoms with Gasteiger partial charge in [0.2, 0.25) is 0 Å². The number of hydrogen-bond acceptors (Lipinski definition) is 3. The fourth-order valence-corrected chi connectivity index (χ4v) is 1.79. The number of nitrogens with zero attached hydrogens (tertiary/aromatic N) is 1. The Hall–Kier alpha value is -2.56. The van der Waals surface area contributed by atoms with Crippen molar-refractivity contribution in [3.63, 3.8) is 0 Å². The molecule has 0 aliphatic heterocycles. The van der Waals surface area contributed by atoms with Crippen LogP contribution in [0, 0.1) is 0 Å². The summed E-state index contributed by atoms with van der Waals surface area (Å²) in [6, 6.07) is 7.48. The van der Waals surface area contributed by atoms with Gasteiger partial charge >= 0.3 is 5.97 Å². The summed E-state index contributed by atoms with van der Waals surface area (Å²) in [6.07, 6.45) is 3.03. The standard InChI is InChI=1S/C12H8N2O3/c15-12(16)9-6-14-17-11(9)8-2-1-7-3-4-13-10(7)5-8/h1-6,13H,(H,15,16). The maximum Gasteiger partial charge on any atom is 0.341 e. The molecule has 0 aliphatic carbocycles. The van der Waals surface area contributed by atoms with E-state index in [4.69, 9.17) is 9.63 Å². The molecule has 0 unspecified atom stereocenters. The van der Waals surface area contributed by atoms with E-state index < -0.39 is 5.97 Å². The largest absolute Gasteiger partial charge is 0.477 e. The lowest BCUT2D eigenvalue weighted by Crippen LogP contribution is -1.95. The van der Waals surface area contributed by atoms with Gasteiger partial charge in [0.1, 0.15) is 5.56 Å². The number of H-pyrrole nitrogens is 1. The molecule has 0 saturated carbocycles. The Morgan fingerprint density at radius 1 is 1.35 bits per heavy atom. The highest BCUT2D eigenvalue weighted by molar-refractivity contribution is 5.95. The molecular formula is C12H8N2O3. The molecule has 17 heavy (non-hydrogen) atoms. The Balaban J connectivity index is 2.19. The van der Waals surface area contributed by atoms with Gasteiger partial charge in [-0.3, -0.25) is 0 Å². The van der Waals surface area contributed by atoms with Crippen molar-refractivity contribution in [3.05, 3.63) is 42.2 Å². The van der Waals surface area contributed by atoms with Gasteiger partial charge in [-0.15, -0.1) is 0 Å². The molecule has 0 saturated heterocycles. The Labute approximate surface area is 95.7 Å². The van der Waals surface area contributed by atoms with Crippen LogP contribution in [0.2, 0.25) is 0 Å². The van der Waals surface area contributed by atoms with E-state index in [2.05, 4.69) is 10.1 Å². The zero-order chi connectivity index (χ0) is 11.8. The summed E-state index contributed by atoms with van der Waals surface area (Å²) in [6.45, 7) is 0. The van der Waals surface area contributed by atoms with E-state index in [0.717, 1.165) is 10.9 Å². The fraction of sp³-hybridized carbons (Fsp3) is 0. The number of aromatic amines is 1. The summed E-state index contributed by atoms with van der Waals surface area (Å²) in [5, 5.41) is 13.6. The average Bonchev–Trinajstić information content (AvgIpc) is 2.96. The van der Waals surface area contributed by atoms with Crippen molar-refractivity contribution in [2.45, 2.75) is 0 Å². The van der Waals surface area contributed by atoms with Gasteiger partial charge in [0.25, 0.3) is 0 Å². The van der Waals surface area contributed by atoms with Crippen molar-refractivity contribution in [3.8, 4) is 11.3 Å². The Morgan fingerprint density at radius 3 is 3.06 bits per heavy atom. The molecule has 2 N–H and O–H groups in total. The van der Waals surface area contributed by atoms with Crippen LogP contribution in [0.3, 0.4) is 0 Å².